The van der Waals surface area contributed by atoms with Crippen molar-refractivity contribution in [2.24, 2.45) is 0 Å². The van der Waals surface area contributed by atoms with Gasteiger partial charge in [0.05, 0.1) is 0 Å². The summed E-state index contributed by atoms with van der Waals surface area (Å²) in [5.41, 5.74) is 5.91. The molecule has 1 unspecified atom stereocenters. The Bertz CT molecular complexity index is 1040. The van der Waals surface area contributed by atoms with Crippen molar-refractivity contribution in [2.45, 2.75) is 43.6 Å². The smallest absolute Gasteiger partial charge is 0.0406 e. The van der Waals surface area contributed by atoms with Crippen LogP contribution in [0.1, 0.15) is 53.9 Å². The monoisotopic (exact) mass is 458 g/mol. The van der Waals surface area contributed by atoms with Gasteiger partial charge in [0.1, 0.15) is 0 Å². The van der Waals surface area contributed by atoms with Crippen LogP contribution in [0.3, 0.4) is 0 Å². The molecule has 3 heteroatoms. The molecule has 0 radical (unpaired) electrons. The van der Waals surface area contributed by atoms with Crippen molar-refractivity contribution in [1.29, 1.82) is 0 Å². The lowest BCUT2D eigenvalue weighted by atomic mass is 9.67. The fourth-order valence-corrected chi connectivity index (χ4v) is 6.34. The van der Waals surface area contributed by atoms with Crippen LogP contribution in [0.5, 0.6) is 0 Å². The Morgan fingerprint density at radius 3 is 2.33 bits per heavy atom. The van der Waals surface area contributed by atoms with Gasteiger partial charge in [-0.1, -0.05) is 78.3 Å². The van der Waals surface area contributed by atoms with Crippen LogP contribution in [0.4, 0.5) is 0 Å². The van der Waals surface area contributed by atoms with Crippen LogP contribution in [-0.4, -0.2) is 43.0 Å². The third-order valence-electron chi connectivity index (χ3n) is 7.85. The summed E-state index contributed by atoms with van der Waals surface area (Å²) < 4.78 is 0. The summed E-state index contributed by atoms with van der Waals surface area (Å²) in [7, 11) is 2.26. The number of piperidine rings is 1. The van der Waals surface area contributed by atoms with Gasteiger partial charge in [-0.3, -0.25) is 0 Å². The summed E-state index contributed by atoms with van der Waals surface area (Å²) in [6.45, 7) is 5.69. The standard InChI is InChI=1S/C30H35ClN2/c1-32-22-26-10-5-6-11-29(26)30(23-32,27-12-14-28(31)15-13-27)18-7-19-33-20-16-25(17-21-33)24-8-3-2-4-9-24/h2-6,8-15,25H,7,16-23H2,1H3. The summed E-state index contributed by atoms with van der Waals surface area (Å²) >= 11 is 6.27. The lowest BCUT2D eigenvalue weighted by Crippen LogP contribution is -2.45. The average molecular weight is 459 g/mol. The first-order valence-electron chi connectivity index (χ1n) is 12.4. The van der Waals surface area contributed by atoms with Crippen LogP contribution >= 0.6 is 11.6 Å². The van der Waals surface area contributed by atoms with Crippen LogP contribution in [-0.2, 0) is 12.0 Å². The summed E-state index contributed by atoms with van der Waals surface area (Å²) in [5, 5.41) is 0.813. The molecule has 0 bridgehead atoms. The molecule has 0 amide bonds. The Morgan fingerprint density at radius 1 is 0.879 bits per heavy atom. The molecule has 0 aromatic heterocycles. The third-order valence-corrected chi connectivity index (χ3v) is 8.10. The van der Waals surface area contributed by atoms with Crippen molar-refractivity contribution in [3.8, 4) is 0 Å². The van der Waals surface area contributed by atoms with E-state index in [0.717, 1.165) is 30.5 Å². The molecule has 172 valence electrons. The highest BCUT2D eigenvalue weighted by Crippen LogP contribution is 2.43. The normalized spacial score (nSPS) is 22.2. The summed E-state index contributed by atoms with van der Waals surface area (Å²) in [6.07, 6.45) is 4.92. The van der Waals surface area contributed by atoms with Gasteiger partial charge in [-0.25, -0.2) is 0 Å². The maximum atomic E-state index is 6.27. The van der Waals surface area contributed by atoms with E-state index in [2.05, 4.69) is 95.7 Å². The quantitative estimate of drug-likeness (QED) is 0.404. The van der Waals surface area contributed by atoms with Gasteiger partial charge in [0.15, 0.2) is 0 Å². The predicted molar refractivity (Wildman–Crippen MR) is 139 cm³/mol. The van der Waals surface area contributed by atoms with E-state index in [1.165, 1.54) is 61.2 Å². The zero-order chi connectivity index (χ0) is 22.7. The number of hydrogen-bond acceptors (Lipinski definition) is 2. The van der Waals surface area contributed by atoms with Gasteiger partial charge >= 0.3 is 0 Å². The molecule has 1 fully saturated rings. The van der Waals surface area contributed by atoms with Crippen molar-refractivity contribution in [2.75, 3.05) is 33.2 Å². The summed E-state index contributed by atoms with van der Waals surface area (Å²) in [5.74, 6) is 0.724. The highest BCUT2D eigenvalue weighted by molar-refractivity contribution is 6.30. The molecule has 2 aliphatic heterocycles. The van der Waals surface area contributed by atoms with Crippen molar-refractivity contribution in [1.82, 2.24) is 9.80 Å². The van der Waals surface area contributed by atoms with E-state index in [-0.39, 0.29) is 5.41 Å². The first-order valence-corrected chi connectivity index (χ1v) is 12.8. The molecule has 0 saturated carbocycles. The zero-order valence-electron chi connectivity index (χ0n) is 19.7. The fraction of sp³-hybridized carbons (Fsp3) is 0.400. The Morgan fingerprint density at radius 2 is 1.58 bits per heavy atom. The Labute approximate surface area is 204 Å². The molecular weight excluding hydrogens is 424 g/mol. The lowest BCUT2D eigenvalue weighted by Gasteiger charge is -2.44. The van der Waals surface area contributed by atoms with Crippen LogP contribution in [0, 0.1) is 0 Å². The second kappa shape index (κ2) is 10.0. The van der Waals surface area contributed by atoms with Crippen molar-refractivity contribution in [3.05, 3.63) is 106 Å². The zero-order valence-corrected chi connectivity index (χ0v) is 20.5. The van der Waals surface area contributed by atoms with E-state index in [9.17, 15) is 0 Å². The number of rotatable bonds is 6. The maximum Gasteiger partial charge on any atom is 0.0406 e. The molecule has 0 aliphatic carbocycles. The van der Waals surface area contributed by atoms with Crippen LogP contribution < -0.4 is 0 Å². The van der Waals surface area contributed by atoms with E-state index in [4.69, 9.17) is 11.6 Å². The number of benzene rings is 3. The van der Waals surface area contributed by atoms with Gasteiger partial charge in [-0.2, -0.15) is 0 Å². The first kappa shape index (κ1) is 22.7. The summed E-state index contributed by atoms with van der Waals surface area (Å²) in [4.78, 5) is 5.18. The van der Waals surface area contributed by atoms with Gasteiger partial charge < -0.3 is 9.80 Å². The number of nitrogens with zero attached hydrogens (tertiary/aromatic N) is 2. The average Bonchev–Trinajstić information content (AvgIpc) is 2.85. The molecule has 2 nitrogen and oxygen atoms in total. The van der Waals surface area contributed by atoms with Gasteiger partial charge in [0.2, 0.25) is 0 Å². The number of likely N-dealkylation sites (tertiary alicyclic amines) is 1. The van der Waals surface area contributed by atoms with E-state index in [1.807, 2.05) is 0 Å². The summed E-state index contributed by atoms with van der Waals surface area (Å²) in [6, 6.07) is 28.8. The minimum Gasteiger partial charge on any atom is -0.303 e. The minimum absolute atomic E-state index is 0.0243. The van der Waals surface area contributed by atoms with E-state index >= 15 is 0 Å². The van der Waals surface area contributed by atoms with Crippen LogP contribution in [0.15, 0.2) is 78.9 Å². The van der Waals surface area contributed by atoms with Gasteiger partial charge in [-0.15, -0.1) is 0 Å². The lowest BCUT2D eigenvalue weighted by molar-refractivity contribution is 0.189. The Balaban J connectivity index is 1.30. The second-order valence-corrected chi connectivity index (χ2v) is 10.5. The molecule has 3 aromatic rings. The second-order valence-electron chi connectivity index (χ2n) is 10.0. The van der Waals surface area contributed by atoms with Crippen LogP contribution in [0.25, 0.3) is 0 Å². The molecule has 2 aliphatic rings. The van der Waals surface area contributed by atoms with Crippen molar-refractivity contribution < 1.29 is 0 Å². The minimum atomic E-state index is 0.0243. The molecule has 3 aromatic carbocycles. The predicted octanol–water partition coefficient (Wildman–Crippen LogP) is 6.73. The van der Waals surface area contributed by atoms with E-state index in [1.54, 1.807) is 0 Å². The molecule has 0 N–H and O–H groups in total. The van der Waals surface area contributed by atoms with Gasteiger partial charge in [-0.05, 0) is 92.7 Å². The molecule has 1 saturated heterocycles. The topological polar surface area (TPSA) is 6.48 Å². The first-order chi connectivity index (χ1) is 16.1. The molecular formula is C30H35ClN2. The Hall–Kier alpha value is -2.13. The molecule has 33 heavy (non-hydrogen) atoms. The molecule has 5 rings (SSSR count). The Kier molecular flexibility index (Phi) is 6.87. The fourth-order valence-electron chi connectivity index (χ4n) is 6.21. The number of hydrogen-bond donors (Lipinski definition) is 0. The van der Waals surface area contributed by atoms with Gasteiger partial charge in [0.25, 0.3) is 0 Å². The van der Waals surface area contributed by atoms with E-state index in [0.29, 0.717) is 0 Å². The molecule has 2 heterocycles. The number of halogens is 1. The molecule has 0 spiro atoms. The maximum absolute atomic E-state index is 6.27. The number of likely N-dealkylation sites (N-methyl/N-ethyl adjacent to an activating group) is 1. The highest BCUT2D eigenvalue weighted by Gasteiger charge is 2.39. The van der Waals surface area contributed by atoms with Crippen molar-refractivity contribution >= 4 is 11.6 Å². The molecule has 1 atom stereocenters. The van der Waals surface area contributed by atoms with Gasteiger partial charge in [0, 0.05) is 23.5 Å². The largest absolute Gasteiger partial charge is 0.303 e. The van der Waals surface area contributed by atoms with Crippen LogP contribution in [0.2, 0.25) is 5.02 Å². The van der Waals surface area contributed by atoms with E-state index < -0.39 is 0 Å². The highest BCUT2D eigenvalue weighted by atomic mass is 35.5. The number of fused-ring (bicyclic) bond motifs is 1. The SMILES string of the molecule is CN1Cc2ccccc2C(CCCN2CCC(c3ccccc3)CC2)(c2ccc(Cl)cc2)C1. The van der Waals surface area contributed by atoms with Crippen molar-refractivity contribution in [3.63, 3.8) is 0 Å². The third kappa shape index (κ3) is 4.89.